The summed E-state index contributed by atoms with van der Waals surface area (Å²) in [6, 6.07) is 5.29. The normalized spacial score (nSPS) is 19.1. The zero-order valence-corrected chi connectivity index (χ0v) is 12.7. The van der Waals surface area contributed by atoms with Crippen LogP contribution in [-0.4, -0.2) is 36.5 Å². The third-order valence-electron chi connectivity index (χ3n) is 4.33. The van der Waals surface area contributed by atoms with E-state index in [9.17, 15) is 4.39 Å². The van der Waals surface area contributed by atoms with Crippen LogP contribution >= 0.6 is 0 Å². The Morgan fingerprint density at radius 1 is 1.17 bits per heavy atom. The molecule has 6 nitrogen and oxygen atoms in total. The van der Waals surface area contributed by atoms with E-state index in [4.69, 9.17) is 14.0 Å². The highest BCUT2D eigenvalue weighted by molar-refractivity contribution is 5.40. The molecule has 0 radical (unpaired) electrons. The summed E-state index contributed by atoms with van der Waals surface area (Å²) in [6.07, 6.45) is 1.80. The molecule has 0 spiro atoms. The van der Waals surface area contributed by atoms with E-state index >= 15 is 0 Å². The maximum Gasteiger partial charge on any atom is 0.324 e. The Balaban J connectivity index is 1.56. The first kappa shape index (κ1) is 14.4. The van der Waals surface area contributed by atoms with Gasteiger partial charge < -0.3 is 18.9 Å². The lowest BCUT2D eigenvalue weighted by molar-refractivity contribution is 0.0830. The first-order chi connectivity index (χ1) is 11.3. The quantitative estimate of drug-likeness (QED) is 0.847. The summed E-state index contributed by atoms with van der Waals surface area (Å²) in [7, 11) is 0. The van der Waals surface area contributed by atoms with Crippen molar-refractivity contribution in [3.05, 3.63) is 35.4 Å². The van der Waals surface area contributed by atoms with E-state index in [1.54, 1.807) is 12.1 Å². The van der Waals surface area contributed by atoms with Crippen LogP contribution in [0.15, 0.2) is 22.7 Å². The minimum absolute atomic E-state index is 0.272. The van der Waals surface area contributed by atoms with Gasteiger partial charge in [0.2, 0.25) is 0 Å². The second kappa shape index (κ2) is 6.16. The number of nitrogens with zero attached hydrogens (tertiary/aromatic N) is 3. The summed E-state index contributed by atoms with van der Waals surface area (Å²) >= 11 is 0. The van der Waals surface area contributed by atoms with E-state index in [0.29, 0.717) is 42.8 Å². The molecular formula is C16H18FN3O3. The fourth-order valence-corrected chi connectivity index (χ4v) is 3.00. The third-order valence-corrected chi connectivity index (χ3v) is 4.33. The van der Waals surface area contributed by atoms with Gasteiger partial charge in [-0.3, -0.25) is 0 Å². The van der Waals surface area contributed by atoms with Gasteiger partial charge in [0.15, 0.2) is 5.82 Å². The molecule has 122 valence electrons. The Kier molecular flexibility index (Phi) is 3.87. The van der Waals surface area contributed by atoms with Crippen molar-refractivity contribution in [2.75, 3.05) is 31.3 Å². The first-order valence-corrected chi connectivity index (χ1v) is 7.88. The van der Waals surface area contributed by atoms with Gasteiger partial charge in [0, 0.05) is 24.7 Å². The maximum atomic E-state index is 14.0. The summed E-state index contributed by atoms with van der Waals surface area (Å²) in [4.78, 5) is 6.38. The third kappa shape index (κ3) is 2.88. The number of ether oxygens (including phenoxy) is 2. The van der Waals surface area contributed by atoms with Crippen LogP contribution in [0.4, 0.5) is 10.4 Å². The van der Waals surface area contributed by atoms with Crippen LogP contribution < -0.4 is 9.64 Å². The molecular weight excluding hydrogens is 301 g/mol. The molecule has 0 atom stereocenters. The molecule has 0 unspecified atom stereocenters. The molecule has 4 rings (SSSR count). The molecule has 1 aromatic carbocycles. The van der Waals surface area contributed by atoms with Gasteiger partial charge in [-0.1, -0.05) is 11.2 Å². The van der Waals surface area contributed by atoms with Gasteiger partial charge in [0.1, 0.15) is 18.2 Å². The number of halogens is 1. The number of fused-ring (bicyclic) bond motifs is 1. The molecule has 1 aromatic heterocycles. The molecule has 0 bridgehead atoms. The molecule has 2 aliphatic rings. The summed E-state index contributed by atoms with van der Waals surface area (Å²) in [6.45, 7) is 2.84. The Hall–Kier alpha value is -2.15. The summed E-state index contributed by atoms with van der Waals surface area (Å²) in [5.41, 5.74) is 0.524. The lowest BCUT2D eigenvalue weighted by Crippen LogP contribution is -2.26. The lowest BCUT2D eigenvalue weighted by Gasteiger charge is -2.19. The van der Waals surface area contributed by atoms with E-state index < -0.39 is 0 Å². The van der Waals surface area contributed by atoms with Crippen LogP contribution in [0, 0.1) is 5.82 Å². The maximum absolute atomic E-state index is 14.0. The van der Waals surface area contributed by atoms with Crippen molar-refractivity contribution in [1.29, 1.82) is 0 Å². The minimum atomic E-state index is -0.279. The van der Waals surface area contributed by atoms with Crippen molar-refractivity contribution >= 4 is 6.01 Å². The average molecular weight is 319 g/mol. The fourth-order valence-electron chi connectivity index (χ4n) is 3.00. The standard InChI is InChI=1S/C16H18FN3O3/c17-13-2-1-3-14-12(13)10-20(6-9-22-14)16-18-15(19-23-16)11-4-7-21-8-5-11/h1-3,11H,4-10H2. The summed E-state index contributed by atoms with van der Waals surface area (Å²) in [5.74, 6) is 1.28. The molecule has 0 amide bonds. The van der Waals surface area contributed by atoms with Crippen LogP contribution in [-0.2, 0) is 11.3 Å². The van der Waals surface area contributed by atoms with E-state index in [1.807, 2.05) is 4.90 Å². The predicted octanol–water partition coefficient (Wildman–Crippen LogP) is 2.50. The number of benzene rings is 1. The molecule has 2 aliphatic heterocycles. The van der Waals surface area contributed by atoms with Crippen molar-refractivity contribution in [1.82, 2.24) is 10.1 Å². The highest BCUT2D eigenvalue weighted by Gasteiger charge is 2.25. The Bertz CT molecular complexity index is 685. The molecule has 1 saturated heterocycles. The van der Waals surface area contributed by atoms with E-state index in [1.165, 1.54) is 6.07 Å². The van der Waals surface area contributed by atoms with Crippen molar-refractivity contribution in [3.8, 4) is 5.75 Å². The molecule has 0 saturated carbocycles. The Morgan fingerprint density at radius 2 is 2.04 bits per heavy atom. The Morgan fingerprint density at radius 3 is 2.91 bits per heavy atom. The second-order valence-corrected chi connectivity index (χ2v) is 5.81. The van der Waals surface area contributed by atoms with Gasteiger partial charge in [0.25, 0.3) is 0 Å². The summed E-state index contributed by atoms with van der Waals surface area (Å²) < 4.78 is 30.4. The van der Waals surface area contributed by atoms with Gasteiger partial charge in [0.05, 0.1) is 13.1 Å². The molecule has 7 heteroatoms. The molecule has 0 aliphatic carbocycles. The molecule has 1 fully saturated rings. The van der Waals surface area contributed by atoms with Crippen LogP contribution in [0.2, 0.25) is 0 Å². The van der Waals surface area contributed by atoms with Crippen LogP contribution in [0.25, 0.3) is 0 Å². The second-order valence-electron chi connectivity index (χ2n) is 5.81. The Labute approximate surface area is 133 Å². The van der Waals surface area contributed by atoms with Crippen LogP contribution in [0.5, 0.6) is 5.75 Å². The van der Waals surface area contributed by atoms with Crippen molar-refractivity contribution in [2.24, 2.45) is 0 Å². The minimum Gasteiger partial charge on any atom is -0.491 e. The van der Waals surface area contributed by atoms with Crippen LogP contribution in [0.1, 0.15) is 30.1 Å². The zero-order chi connectivity index (χ0) is 15.6. The van der Waals surface area contributed by atoms with Gasteiger partial charge in [-0.2, -0.15) is 4.98 Å². The van der Waals surface area contributed by atoms with Crippen LogP contribution in [0.3, 0.4) is 0 Å². The highest BCUT2D eigenvalue weighted by Crippen LogP contribution is 2.30. The SMILES string of the molecule is Fc1cccc2c1CN(c1nc(C3CCOCC3)no1)CCO2. The first-order valence-electron chi connectivity index (χ1n) is 7.88. The molecule has 0 N–H and O–H groups in total. The topological polar surface area (TPSA) is 60.6 Å². The molecule has 23 heavy (non-hydrogen) atoms. The predicted molar refractivity (Wildman–Crippen MR) is 80.0 cm³/mol. The fraction of sp³-hybridized carbons (Fsp3) is 0.500. The van der Waals surface area contributed by atoms with Crippen molar-refractivity contribution in [2.45, 2.75) is 25.3 Å². The van der Waals surface area contributed by atoms with Crippen molar-refractivity contribution in [3.63, 3.8) is 0 Å². The molecule has 3 heterocycles. The number of rotatable bonds is 2. The lowest BCUT2D eigenvalue weighted by atomic mass is 10.00. The average Bonchev–Trinajstić information content (AvgIpc) is 2.97. The molecule has 2 aromatic rings. The van der Waals surface area contributed by atoms with E-state index in [2.05, 4.69) is 10.1 Å². The van der Waals surface area contributed by atoms with E-state index in [0.717, 1.165) is 26.1 Å². The largest absolute Gasteiger partial charge is 0.491 e. The zero-order valence-electron chi connectivity index (χ0n) is 12.7. The van der Waals surface area contributed by atoms with Gasteiger partial charge in [-0.15, -0.1) is 0 Å². The van der Waals surface area contributed by atoms with E-state index in [-0.39, 0.29) is 11.7 Å². The number of anilines is 1. The number of hydrogen-bond acceptors (Lipinski definition) is 6. The highest BCUT2D eigenvalue weighted by atomic mass is 19.1. The van der Waals surface area contributed by atoms with Gasteiger partial charge in [-0.05, 0) is 25.0 Å². The van der Waals surface area contributed by atoms with Gasteiger partial charge in [-0.25, -0.2) is 4.39 Å². The monoisotopic (exact) mass is 319 g/mol. The van der Waals surface area contributed by atoms with Gasteiger partial charge >= 0.3 is 6.01 Å². The number of hydrogen-bond donors (Lipinski definition) is 0. The van der Waals surface area contributed by atoms with Crippen molar-refractivity contribution < 1.29 is 18.4 Å². The summed E-state index contributed by atoms with van der Waals surface area (Å²) in [5, 5.41) is 4.11. The number of aromatic nitrogens is 2. The smallest absolute Gasteiger partial charge is 0.324 e.